The molecule has 0 bridgehead atoms. The van der Waals surface area contributed by atoms with Crippen molar-refractivity contribution >= 4 is 29.5 Å². The second-order valence-corrected chi connectivity index (χ2v) is 8.06. The van der Waals surface area contributed by atoms with Crippen LogP contribution in [-0.2, 0) is 4.79 Å². The predicted octanol–water partition coefficient (Wildman–Crippen LogP) is 3.54. The van der Waals surface area contributed by atoms with Gasteiger partial charge in [-0.05, 0) is 67.6 Å². The summed E-state index contributed by atoms with van der Waals surface area (Å²) < 4.78 is 2.30. The van der Waals surface area contributed by atoms with Gasteiger partial charge < -0.3 is 5.32 Å². The number of hydrogen-bond donors (Lipinski definition) is 2. The van der Waals surface area contributed by atoms with Crippen LogP contribution in [-0.4, -0.2) is 27.2 Å². The molecule has 0 aliphatic heterocycles. The molecule has 2 saturated carbocycles. The van der Waals surface area contributed by atoms with Crippen LogP contribution in [0.25, 0.3) is 10.7 Å². The minimum absolute atomic E-state index is 0.0206. The van der Waals surface area contributed by atoms with Crippen LogP contribution < -0.4 is 5.32 Å². The second-order valence-electron chi connectivity index (χ2n) is 6.73. The van der Waals surface area contributed by atoms with Crippen LogP contribution in [0.4, 0.5) is 0 Å². The van der Waals surface area contributed by atoms with Crippen molar-refractivity contribution in [3.8, 4) is 10.7 Å². The molecule has 2 N–H and O–H groups in total. The molecule has 4 rings (SSSR count). The highest BCUT2D eigenvalue weighted by molar-refractivity contribution is 7.71. The SMILES string of the molecule is CC(C(=O)NCC1(C2CC2)CC1)n1c(-c2cccs2)n[nH]c1=S. The molecule has 2 fully saturated rings. The van der Waals surface area contributed by atoms with Gasteiger partial charge in [-0.25, -0.2) is 0 Å². The highest BCUT2D eigenvalue weighted by Crippen LogP contribution is 2.60. The lowest BCUT2D eigenvalue weighted by Gasteiger charge is -2.19. The van der Waals surface area contributed by atoms with E-state index < -0.39 is 0 Å². The van der Waals surface area contributed by atoms with Crippen molar-refractivity contribution in [2.24, 2.45) is 11.3 Å². The van der Waals surface area contributed by atoms with Crippen molar-refractivity contribution in [2.75, 3.05) is 6.54 Å². The first-order valence-electron chi connectivity index (χ1n) is 8.09. The molecule has 0 aromatic carbocycles. The molecule has 2 heterocycles. The Morgan fingerprint density at radius 3 is 3.00 bits per heavy atom. The van der Waals surface area contributed by atoms with Gasteiger partial charge in [0, 0.05) is 6.54 Å². The van der Waals surface area contributed by atoms with Crippen LogP contribution in [0, 0.1) is 16.1 Å². The average molecular weight is 348 g/mol. The number of carbonyl (C=O) groups excluding carboxylic acids is 1. The lowest BCUT2D eigenvalue weighted by atomic mass is 10.0. The van der Waals surface area contributed by atoms with Crippen molar-refractivity contribution in [3.05, 3.63) is 22.3 Å². The number of thiophene rings is 1. The first-order chi connectivity index (χ1) is 11.1. The minimum atomic E-state index is -0.367. The van der Waals surface area contributed by atoms with Crippen LogP contribution in [0.5, 0.6) is 0 Å². The first-order valence-corrected chi connectivity index (χ1v) is 9.38. The number of aromatic nitrogens is 3. The Labute approximate surface area is 144 Å². The number of aromatic amines is 1. The lowest BCUT2D eigenvalue weighted by Crippen LogP contribution is -2.36. The summed E-state index contributed by atoms with van der Waals surface area (Å²) in [5.41, 5.74) is 0.407. The first kappa shape index (κ1) is 15.1. The van der Waals surface area contributed by atoms with E-state index in [9.17, 15) is 4.79 Å². The van der Waals surface area contributed by atoms with Gasteiger partial charge in [-0.3, -0.25) is 14.5 Å². The lowest BCUT2D eigenvalue weighted by molar-refractivity contribution is -0.124. The summed E-state index contributed by atoms with van der Waals surface area (Å²) in [4.78, 5) is 13.6. The third kappa shape index (κ3) is 2.76. The van der Waals surface area contributed by atoms with Crippen molar-refractivity contribution < 1.29 is 4.79 Å². The van der Waals surface area contributed by atoms with E-state index in [1.54, 1.807) is 11.3 Å². The number of amides is 1. The standard InChI is InChI=1S/C16H20N4OS2/c1-10(14(21)17-9-16(6-7-16)11-4-5-11)20-13(18-19-15(20)22)12-3-2-8-23-12/h2-3,8,10-11H,4-7,9H2,1H3,(H,17,21)(H,19,22). The summed E-state index contributed by atoms with van der Waals surface area (Å²) in [6, 6.07) is 3.59. The second kappa shape index (κ2) is 5.56. The molecule has 2 aromatic rings. The molecule has 2 aliphatic rings. The molecule has 1 amide bonds. The van der Waals surface area contributed by atoms with Gasteiger partial charge in [0.15, 0.2) is 10.6 Å². The zero-order chi connectivity index (χ0) is 16.0. The van der Waals surface area contributed by atoms with E-state index in [-0.39, 0.29) is 11.9 Å². The Morgan fingerprint density at radius 1 is 1.61 bits per heavy atom. The summed E-state index contributed by atoms with van der Waals surface area (Å²) in [6.45, 7) is 2.69. The third-order valence-corrected chi connectivity index (χ3v) is 6.32. The van der Waals surface area contributed by atoms with Crippen LogP contribution in [0.15, 0.2) is 17.5 Å². The number of rotatable bonds is 6. The topological polar surface area (TPSA) is 62.7 Å². The normalized spacial score (nSPS) is 20.2. The maximum atomic E-state index is 12.6. The molecule has 2 aromatic heterocycles. The molecule has 2 aliphatic carbocycles. The van der Waals surface area contributed by atoms with E-state index in [0.29, 0.717) is 10.2 Å². The zero-order valence-electron chi connectivity index (χ0n) is 13.0. The van der Waals surface area contributed by atoms with E-state index in [4.69, 9.17) is 12.2 Å². The van der Waals surface area contributed by atoms with E-state index >= 15 is 0 Å². The number of nitrogens with zero attached hydrogens (tertiary/aromatic N) is 2. The Morgan fingerprint density at radius 2 is 2.39 bits per heavy atom. The fraction of sp³-hybridized carbons (Fsp3) is 0.562. The highest BCUT2D eigenvalue weighted by atomic mass is 32.1. The summed E-state index contributed by atoms with van der Waals surface area (Å²) in [5, 5.41) is 12.3. The number of H-pyrrole nitrogens is 1. The Kier molecular flexibility index (Phi) is 3.65. The smallest absolute Gasteiger partial charge is 0.242 e. The summed E-state index contributed by atoms with van der Waals surface area (Å²) in [6.07, 6.45) is 5.19. The van der Waals surface area contributed by atoms with Crippen molar-refractivity contribution in [1.82, 2.24) is 20.1 Å². The Bertz CT molecular complexity index is 768. The third-order valence-electron chi connectivity index (χ3n) is 5.16. The van der Waals surface area contributed by atoms with Gasteiger partial charge in [0.2, 0.25) is 5.91 Å². The van der Waals surface area contributed by atoms with Crippen LogP contribution in [0.1, 0.15) is 38.6 Å². The number of hydrogen-bond acceptors (Lipinski definition) is 4. The monoisotopic (exact) mass is 348 g/mol. The zero-order valence-corrected chi connectivity index (χ0v) is 14.7. The van der Waals surface area contributed by atoms with Gasteiger partial charge in [0.05, 0.1) is 4.88 Å². The van der Waals surface area contributed by atoms with E-state index in [1.807, 2.05) is 29.0 Å². The van der Waals surface area contributed by atoms with Gasteiger partial charge in [0.1, 0.15) is 6.04 Å². The molecular formula is C16H20N4OS2. The van der Waals surface area contributed by atoms with Gasteiger partial charge in [-0.15, -0.1) is 11.3 Å². The van der Waals surface area contributed by atoms with Crippen molar-refractivity contribution in [1.29, 1.82) is 0 Å². The maximum absolute atomic E-state index is 12.6. The van der Waals surface area contributed by atoms with Gasteiger partial charge in [0.25, 0.3) is 0 Å². The molecule has 0 saturated heterocycles. The van der Waals surface area contributed by atoms with Crippen LogP contribution >= 0.6 is 23.6 Å². The Balaban J connectivity index is 1.50. The van der Waals surface area contributed by atoms with Crippen LogP contribution in [0.2, 0.25) is 0 Å². The predicted molar refractivity (Wildman–Crippen MR) is 92.8 cm³/mol. The van der Waals surface area contributed by atoms with Crippen molar-refractivity contribution in [3.63, 3.8) is 0 Å². The molecule has 122 valence electrons. The minimum Gasteiger partial charge on any atom is -0.354 e. The molecule has 1 unspecified atom stereocenters. The quantitative estimate of drug-likeness (QED) is 0.785. The maximum Gasteiger partial charge on any atom is 0.242 e. The Hall–Kier alpha value is -1.47. The van der Waals surface area contributed by atoms with Crippen LogP contribution in [0.3, 0.4) is 0 Å². The summed E-state index contributed by atoms with van der Waals surface area (Å²) >= 11 is 6.92. The molecule has 0 radical (unpaired) electrons. The summed E-state index contributed by atoms with van der Waals surface area (Å²) in [7, 11) is 0. The fourth-order valence-corrected chi connectivity index (χ4v) is 4.36. The van der Waals surface area contributed by atoms with Gasteiger partial charge in [-0.2, -0.15) is 5.10 Å². The largest absolute Gasteiger partial charge is 0.354 e. The molecule has 5 nitrogen and oxygen atoms in total. The van der Waals surface area contributed by atoms with Crippen molar-refractivity contribution in [2.45, 2.75) is 38.6 Å². The average Bonchev–Trinajstić information content (AvgIpc) is 3.44. The van der Waals surface area contributed by atoms with Gasteiger partial charge in [-0.1, -0.05) is 6.07 Å². The molecule has 1 atom stereocenters. The fourth-order valence-electron chi connectivity index (χ4n) is 3.36. The molecule has 7 heteroatoms. The number of nitrogens with one attached hydrogen (secondary N) is 2. The van der Waals surface area contributed by atoms with E-state index in [2.05, 4.69) is 15.5 Å². The van der Waals surface area contributed by atoms with E-state index in [0.717, 1.165) is 23.2 Å². The van der Waals surface area contributed by atoms with E-state index in [1.165, 1.54) is 25.7 Å². The highest BCUT2D eigenvalue weighted by Gasteiger charge is 2.53. The summed E-state index contributed by atoms with van der Waals surface area (Å²) in [5.74, 6) is 1.60. The molecule has 23 heavy (non-hydrogen) atoms. The molecule has 0 spiro atoms. The molecular weight excluding hydrogens is 328 g/mol. The van der Waals surface area contributed by atoms with Gasteiger partial charge >= 0.3 is 0 Å². The number of carbonyl (C=O) groups is 1.